The molecule has 0 atom stereocenters. The predicted molar refractivity (Wildman–Crippen MR) is 108 cm³/mol. The molecule has 1 aliphatic rings. The molecular weight excluding hydrogens is 400 g/mol. The van der Waals surface area contributed by atoms with Gasteiger partial charge >= 0.3 is 5.69 Å². The molecular formula is C17H18N6O3S2. The molecule has 1 aliphatic carbocycles. The van der Waals surface area contributed by atoms with Crippen LogP contribution >= 0.6 is 23.1 Å². The van der Waals surface area contributed by atoms with Gasteiger partial charge in [-0.15, -0.1) is 21.5 Å². The number of anilines is 1. The van der Waals surface area contributed by atoms with Crippen molar-refractivity contribution >= 4 is 34.7 Å². The number of carbonyl (C=O) groups excluding carboxylic acids is 1. The van der Waals surface area contributed by atoms with Crippen molar-refractivity contribution < 1.29 is 4.79 Å². The number of nitrogens with zero attached hydrogens (tertiary/aromatic N) is 5. The minimum absolute atomic E-state index is 0.0209. The highest BCUT2D eigenvalue weighted by atomic mass is 32.2. The topological polar surface area (TPSA) is 118 Å². The summed E-state index contributed by atoms with van der Waals surface area (Å²) < 4.78 is 4.04. The van der Waals surface area contributed by atoms with Gasteiger partial charge in [-0.2, -0.15) is 0 Å². The van der Waals surface area contributed by atoms with E-state index in [0.29, 0.717) is 11.2 Å². The first kappa shape index (κ1) is 18.7. The van der Waals surface area contributed by atoms with Crippen molar-refractivity contribution in [1.82, 2.24) is 23.9 Å². The van der Waals surface area contributed by atoms with Gasteiger partial charge in [-0.05, 0) is 24.3 Å². The molecule has 0 spiro atoms. The number of hydrogen-bond acceptors (Lipinski definition) is 8. The summed E-state index contributed by atoms with van der Waals surface area (Å²) in [4.78, 5) is 38.0. The molecule has 3 aromatic heterocycles. The lowest BCUT2D eigenvalue weighted by Gasteiger charge is -2.11. The van der Waals surface area contributed by atoms with Gasteiger partial charge in [-0.25, -0.2) is 4.79 Å². The van der Waals surface area contributed by atoms with E-state index < -0.39 is 17.0 Å². The number of ketones is 1. The summed E-state index contributed by atoms with van der Waals surface area (Å²) in [6.45, 7) is 0. The molecule has 0 saturated heterocycles. The summed E-state index contributed by atoms with van der Waals surface area (Å²) in [6.07, 6.45) is 2.10. The standard InChI is InChI=1S/C17H18N6O3S2/c1-21-13(18)12(15(25)22(2)17(21)26)10(24)8-28-16-20-19-14(11-4-3-7-27-11)23(16)9-5-6-9/h3-4,7,9H,5-6,8,18H2,1-2H3. The van der Waals surface area contributed by atoms with Gasteiger partial charge in [0.25, 0.3) is 5.56 Å². The third-order valence-corrected chi connectivity index (χ3v) is 6.45. The minimum Gasteiger partial charge on any atom is -0.384 e. The molecule has 28 heavy (non-hydrogen) atoms. The number of thiophene rings is 1. The maximum Gasteiger partial charge on any atom is 0.332 e. The Morgan fingerprint density at radius 2 is 2.04 bits per heavy atom. The molecule has 11 heteroatoms. The fourth-order valence-corrected chi connectivity index (χ4v) is 4.52. The highest BCUT2D eigenvalue weighted by Gasteiger charge is 2.31. The lowest BCUT2D eigenvalue weighted by Crippen LogP contribution is -2.41. The van der Waals surface area contributed by atoms with Gasteiger partial charge < -0.3 is 5.73 Å². The van der Waals surface area contributed by atoms with Gasteiger partial charge in [0, 0.05) is 20.1 Å². The van der Waals surface area contributed by atoms with Crippen LogP contribution in [0.15, 0.2) is 32.3 Å². The summed E-state index contributed by atoms with van der Waals surface area (Å²) >= 11 is 2.81. The molecule has 146 valence electrons. The first-order valence-corrected chi connectivity index (χ1v) is 10.5. The Labute approximate surface area is 167 Å². The second-order valence-electron chi connectivity index (χ2n) is 6.56. The average molecular weight is 419 g/mol. The van der Waals surface area contributed by atoms with Crippen LogP contribution in [0.25, 0.3) is 10.7 Å². The Morgan fingerprint density at radius 1 is 1.29 bits per heavy atom. The zero-order valence-corrected chi connectivity index (χ0v) is 16.9. The molecule has 2 N–H and O–H groups in total. The minimum atomic E-state index is -0.686. The summed E-state index contributed by atoms with van der Waals surface area (Å²) in [7, 11) is 2.75. The van der Waals surface area contributed by atoms with Crippen molar-refractivity contribution in [2.45, 2.75) is 24.0 Å². The molecule has 3 aromatic rings. The van der Waals surface area contributed by atoms with Gasteiger partial charge in [0.05, 0.1) is 10.6 Å². The van der Waals surface area contributed by atoms with Crippen molar-refractivity contribution in [2.75, 3.05) is 11.5 Å². The quantitative estimate of drug-likeness (QED) is 0.473. The van der Waals surface area contributed by atoms with Crippen LogP contribution in [0, 0.1) is 0 Å². The monoisotopic (exact) mass is 418 g/mol. The fourth-order valence-electron chi connectivity index (χ4n) is 2.94. The van der Waals surface area contributed by atoms with E-state index in [9.17, 15) is 14.4 Å². The molecule has 0 aromatic carbocycles. The van der Waals surface area contributed by atoms with Crippen LogP contribution in [0.2, 0.25) is 0 Å². The van der Waals surface area contributed by atoms with Crippen LogP contribution in [0.1, 0.15) is 29.2 Å². The third kappa shape index (κ3) is 3.10. The molecule has 0 amide bonds. The van der Waals surface area contributed by atoms with Crippen molar-refractivity contribution in [3.05, 3.63) is 43.9 Å². The third-order valence-electron chi connectivity index (χ3n) is 4.64. The fraction of sp³-hybridized carbons (Fsp3) is 0.353. The number of Topliss-reactive ketones (excluding diaryl/α,β-unsaturated/α-hetero) is 1. The summed E-state index contributed by atoms with van der Waals surface area (Å²) in [5, 5.41) is 11.2. The van der Waals surface area contributed by atoms with Crippen LogP contribution in [0.5, 0.6) is 0 Å². The SMILES string of the molecule is Cn1c(N)c(C(=O)CSc2nnc(-c3cccs3)n2C2CC2)c(=O)n(C)c1=O. The number of thioether (sulfide) groups is 1. The first-order valence-electron chi connectivity index (χ1n) is 8.60. The average Bonchev–Trinajstić information content (AvgIpc) is 3.20. The van der Waals surface area contributed by atoms with E-state index in [-0.39, 0.29) is 17.1 Å². The van der Waals surface area contributed by atoms with Gasteiger partial charge in [0.1, 0.15) is 11.4 Å². The van der Waals surface area contributed by atoms with Gasteiger partial charge in [0.2, 0.25) is 0 Å². The first-order chi connectivity index (χ1) is 13.4. The molecule has 1 saturated carbocycles. The second kappa shape index (κ2) is 7.06. The van der Waals surface area contributed by atoms with E-state index in [4.69, 9.17) is 5.73 Å². The zero-order valence-electron chi connectivity index (χ0n) is 15.3. The number of nitrogens with two attached hydrogens (primary N) is 1. The smallest absolute Gasteiger partial charge is 0.332 e. The van der Waals surface area contributed by atoms with Crippen molar-refractivity contribution in [2.24, 2.45) is 14.1 Å². The van der Waals surface area contributed by atoms with E-state index in [1.54, 1.807) is 11.3 Å². The van der Waals surface area contributed by atoms with Gasteiger partial charge in [-0.3, -0.25) is 23.3 Å². The molecule has 1 fully saturated rings. The van der Waals surface area contributed by atoms with Gasteiger partial charge in [-0.1, -0.05) is 17.8 Å². The molecule has 0 bridgehead atoms. The van der Waals surface area contributed by atoms with Crippen LogP contribution < -0.4 is 17.0 Å². The van der Waals surface area contributed by atoms with Crippen LogP contribution in [0.4, 0.5) is 5.82 Å². The van der Waals surface area contributed by atoms with E-state index in [1.807, 2.05) is 17.5 Å². The zero-order chi connectivity index (χ0) is 20.0. The summed E-state index contributed by atoms with van der Waals surface area (Å²) in [5.41, 5.74) is 4.44. The number of carbonyl (C=O) groups is 1. The lowest BCUT2D eigenvalue weighted by atomic mass is 10.2. The number of hydrogen-bond donors (Lipinski definition) is 1. The molecule has 9 nitrogen and oxygen atoms in total. The number of aromatic nitrogens is 5. The molecule has 4 rings (SSSR count). The highest BCUT2D eigenvalue weighted by molar-refractivity contribution is 7.99. The Bertz CT molecular complexity index is 1170. The Balaban J connectivity index is 1.62. The van der Waals surface area contributed by atoms with Crippen molar-refractivity contribution in [3.8, 4) is 10.7 Å². The largest absolute Gasteiger partial charge is 0.384 e. The van der Waals surface area contributed by atoms with E-state index in [2.05, 4.69) is 14.8 Å². The number of rotatable bonds is 6. The Hall–Kier alpha value is -2.66. The molecule has 0 radical (unpaired) electrons. The highest BCUT2D eigenvalue weighted by Crippen LogP contribution is 2.41. The van der Waals surface area contributed by atoms with Crippen molar-refractivity contribution in [3.63, 3.8) is 0 Å². The molecule has 0 aliphatic heterocycles. The lowest BCUT2D eigenvalue weighted by molar-refractivity contribution is 0.102. The second-order valence-corrected chi connectivity index (χ2v) is 8.45. The Morgan fingerprint density at radius 3 is 2.68 bits per heavy atom. The summed E-state index contributed by atoms with van der Waals surface area (Å²) in [6, 6.07) is 4.28. The van der Waals surface area contributed by atoms with Gasteiger partial charge in [0.15, 0.2) is 16.8 Å². The van der Waals surface area contributed by atoms with E-state index in [1.165, 1.54) is 25.9 Å². The maximum atomic E-state index is 12.7. The number of nitrogen functional groups attached to an aromatic ring is 1. The molecule has 0 unspecified atom stereocenters. The van der Waals surface area contributed by atoms with Crippen molar-refractivity contribution in [1.29, 1.82) is 0 Å². The molecule has 3 heterocycles. The van der Waals surface area contributed by atoms with E-state index in [0.717, 1.165) is 32.7 Å². The Kier molecular flexibility index (Phi) is 4.71. The predicted octanol–water partition coefficient (Wildman–Crippen LogP) is 1.30. The maximum absolute atomic E-state index is 12.7. The normalized spacial score (nSPS) is 13.8. The van der Waals surface area contributed by atoms with Crippen LogP contribution in [-0.4, -0.2) is 35.4 Å². The summed E-state index contributed by atoms with van der Waals surface area (Å²) in [5.74, 6) is 0.209. The van der Waals surface area contributed by atoms with Crippen LogP contribution in [-0.2, 0) is 14.1 Å². The van der Waals surface area contributed by atoms with Crippen LogP contribution in [0.3, 0.4) is 0 Å². The van der Waals surface area contributed by atoms with E-state index >= 15 is 0 Å².